The zero-order valence-corrected chi connectivity index (χ0v) is 20.6. The van der Waals surface area contributed by atoms with Crippen LogP contribution in [0.5, 0.6) is 0 Å². The van der Waals surface area contributed by atoms with Gasteiger partial charge in [-0.2, -0.15) is 13.2 Å². The number of hydrogen-bond acceptors (Lipinski definition) is 4. The Morgan fingerprint density at radius 3 is 2.52 bits per heavy atom. The molecule has 40 heavy (non-hydrogen) atoms. The van der Waals surface area contributed by atoms with E-state index in [1.165, 1.54) is 12.1 Å². The maximum absolute atomic E-state index is 15.0. The second kappa shape index (κ2) is 11.5. The molecule has 0 radical (unpaired) electrons. The molecule has 2 heterocycles. The Morgan fingerprint density at radius 1 is 1.10 bits per heavy atom. The summed E-state index contributed by atoms with van der Waals surface area (Å²) in [6.07, 6.45) is -4.01. The Kier molecular flexibility index (Phi) is 8.13. The number of hydrogen-bond donors (Lipinski definition) is 6. The Hall–Kier alpha value is -4.79. The van der Waals surface area contributed by atoms with Crippen LogP contribution >= 0.6 is 0 Å². The molecule has 3 aromatic rings. The third-order valence-corrected chi connectivity index (χ3v) is 5.91. The van der Waals surface area contributed by atoms with Gasteiger partial charge in [0.1, 0.15) is 23.8 Å². The molecule has 15 heteroatoms. The van der Waals surface area contributed by atoms with Gasteiger partial charge in [-0.1, -0.05) is 6.07 Å². The lowest BCUT2D eigenvalue weighted by Gasteiger charge is -2.25. The van der Waals surface area contributed by atoms with E-state index in [0.717, 1.165) is 12.4 Å². The molecule has 210 valence electrons. The van der Waals surface area contributed by atoms with E-state index in [2.05, 4.69) is 20.6 Å². The average Bonchev–Trinajstić information content (AvgIpc) is 3.30. The van der Waals surface area contributed by atoms with Gasteiger partial charge in [0.05, 0.1) is 29.2 Å². The quantitative estimate of drug-likeness (QED) is 0.147. The standard InChI is InChI=1S/C25H23F5N8O2/c26-17-3-2-14(25(28,29)30)8-20(17)37-24(40)36-19-4-1-13(7-18(19)27)16-9-15(35-22(16)23(32)34-12-31)10-38-6-5-33-21(39)11-38/h1-4,7-9,12,35H,5-6,10-11H2,(H,33,39)(H3,31,32,34)(H2,36,37,40). The summed E-state index contributed by atoms with van der Waals surface area (Å²) in [7, 11) is 0. The molecule has 0 unspecified atom stereocenters. The van der Waals surface area contributed by atoms with Gasteiger partial charge in [-0.25, -0.2) is 18.6 Å². The second-order valence-corrected chi connectivity index (χ2v) is 8.75. The molecular weight excluding hydrogens is 539 g/mol. The first-order valence-corrected chi connectivity index (χ1v) is 11.7. The van der Waals surface area contributed by atoms with Crippen LogP contribution in [0, 0.1) is 17.0 Å². The summed E-state index contributed by atoms with van der Waals surface area (Å²) in [4.78, 5) is 32.8. The molecule has 7 N–H and O–H groups in total. The molecule has 2 aromatic carbocycles. The highest BCUT2D eigenvalue weighted by Gasteiger charge is 2.31. The van der Waals surface area contributed by atoms with E-state index in [-0.39, 0.29) is 24.0 Å². The lowest BCUT2D eigenvalue weighted by atomic mass is 10.0. The molecule has 0 atom stereocenters. The van der Waals surface area contributed by atoms with Crippen molar-refractivity contribution in [1.82, 2.24) is 15.2 Å². The van der Waals surface area contributed by atoms with E-state index in [1.54, 1.807) is 6.07 Å². The van der Waals surface area contributed by atoms with E-state index in [9.17, 15) is 27.2 Å². The molecule has 0 saturated carbocycles. The number of H-pyrrole nitrogens is 1. The Morgan fingerprint density at radius 2 is 1.85 bits per heavy atom. The molecule has 1 aliphatic rings. The molecule has 1 aliphatic heterocycles. The van der Waals surface area contributed by atoms with Crippen molar-refractivity contribution in [3.05, 3.63) is 71.1 Å². The molecule has 0 bridgehead atoms. The summed E-state index contributed by atoms with van der Waals surface area (Å²) >= 11 is 0. The van der Waals surface area contributed by atoms with Crippen molar-refractivity contribution in [2.75, 3.05) is 30.3 Å². The lowest BCUT2D eigenvalue weighted by Crippen LogP contribution is -2.47. The summed E-state index contributed by atoms with van der Waals surface area (Å²) in [5, 5.41) is 14.0. The van der Waals surface area contributed by atoms with Crippen LogP contribution in [0.4, 0.5) is 38.1 Å². The van der Waals surface area contributed by atoms with Gasteiger partial charge in [0.15, 0.2) is 0 Å². The van der Waals surface area contributed by atoms with Crippen molar-refractivity contribution in [3.63, 3.8) is 0 Å². The highest BCUT2D eigenvalue weighted by molar-refractivity contribution is 6.05. The number of nitrogens with zero attached hydrogens (tertiary/aromatic N) is 2. The zero-order chi connectivity index (χ0) is 29.0. The first-order chi connectivity index (χ1) is 18.9. The number of aromatic nitrogens is 1. The van der Waals surface area contributed by atoms with Crippen molar-refractivity contribution in [2.45, 2.75) is 12.7 Å². The van der Waals surface area contributed by atoms with Gasteiger partial charge in [0.25, 0.3) is 0 Å². The number of aromatic amines is 1. The fraction of sp³-hybridized carbons (Fsp3) is 0.200. The van der Waals surface area contributed by atoms with Crippen molar-refractivity contribution in [2.24, 2.45) is 10.7 Å². The highest BCUT2D eigenvalue weighted by atomic mass is 19.4. The highest BCUT2D eigenvalue weighted by Crippen LogP contribution is 2.32. The largest absolute Gasteiger partial charge is 0.416 e. The van der Waals surface area contributed by atoms with E-state index >= 15 is 4.39 Å². The summed E-state index contributed by atoms with van der Waals surface area (Å²) in [6, 6.07) is 5.79. The van der Waals surface area contributed by atoms with Gasteiger partial charge in [-0.05, 0) is 42.0 Å². The molecule has 1 fully saturated rings. The van der Waals surface area contributed by atoms with Gasteiger partial charge in [-0.3, -0.25) is 15.1 Å². The van der Waals surface area contributed by atoms with E-state index in [0.29, 0.717) is 60.3 Å². The van der Waals surface area contributed by atoms with Crippen molar-refractivity contribution < 1.29 is 31.5 Å². The van der Waals surface area contributed by atoms with E-state index in [4.69, 9.17) is 11.1 Å². The monoisotopic (exact) mass is 562 g/mol. The van der Waals surface area contributed by atoms with Crippen LogP contribution < -0.4 is 21.7 Å². The normalized spacial score (nSPS) is 14.5. The minimum atomic E-state index is -4.76. The minimum Gasteiger partial charge on any atom is -0.382 e. The topological polar surface area (TPSA) is 151 Å². The molecule has 3 amide bonds. The number of nitrogens with two attached hydrogens (primary N) is 1. The van der Waals surface area contributed by atoms with Crippen LogP contribution in [0.15, 0.2) is 47.5 Å². The smallest absolute Gasteiger partial charge is 0.382 e. The van der Waals surface area contributed by atoms with Crippen LogP contribution in [0.25, 0.3) is 11.1 Å². The van der Waals surface area contributed by atoms with Gasteiger partial charge in [0.2, 0.25) is 5.91 Å². The maximum Gasteiger partial charge on any atom is 0.416 e. The third-order valence-electron chi connectivity index (χ3n) is 5.91. The predicted octanol–water partition coefficient (Wildman–Crippen LogP) is 3.87. The zero-order valence-electron chi connectivity index (χ0n) is 20.6. The fourth-order valence-corrected chi connectivity index (χ4v) is 4.08. The summed E-state index contributed by atoms with van der Waals surface area (Å²) < 4.78 is 67.7. The fourth-order valence-electron chi connectivity index (χ4n) is 4.08. The molecule has 4 rings (SSSR count). The maximum atomic E-state index is 15.0. The Labute approximate surface area is 224 Å². The number of amides is 3. The van der Waals surface area contributed by atoms with Crippen molar-refractivity contribution >= 4 is 35.5 Å². The molecular formula is C25H23F5N8O2. The molecule has 0 spiro atoms. The number of rotatable bonds is 7. The number of anilines is 2. The molecule has 0 aliphatic carbocycles. The van der Waals surface area contributed by atoms with Crippen molar-refractivity contribution in [3.8, 4) is 11.1 Å². The van der Waals surface area contributed by atoms with Gasteiger partial charge in [-0.15, -0.1) is 0 Å². The lowest BCUT2D eigenvalue weighted by molar-refractivity contribution is -0.137. The number of nitrogens with one attached hydrogen (secondary N) is 5. The van der Waals surface area contributed by atoms with Crippen LogP contribution in [0.3, 0.4) is 0 Å². The van der Waals surface area contributed by atoms with E-state index in [1.807, 2.05) is 10.2 Å². The molecule has 1 aromatic heterocycles. The van der Waals surface area contributed by atoms with Gasteiger partial charge in [0, 0.05) is 30.9 Å². The van der Waals surface area contributed by atoms with E-state index < -0.39 is 35.1 Å². The predicted molar refractivity (Wildman–Crippen MR) is 138 cm³/mol. The third kappa shape index (κ3) is 6.61. The van der Waals surface area contributed by atoms with Crippen molar-refractivity contribution in [1.29, 1.82) is 5.41 Å². The number of benzene rings is 2. The first-order valence-electron chi connectivity index (χ1n) is 11.7. The molecule has 1 saturated heterocycles. The summed E-state index contributed by atoms with van der Waals surface area (Å²) in [6.45, 7) is 1.65. The number of carbonyl (C=O) groups excluding carboxylic acids is 2. The number of carbonyl (C=O) groups is 2. The Bertz CT molecular complexity index is 1480. The Balaban J connectivity index is 1.55. The van der Waals surface area contributed by atoms with Crippen LogP contribution in [0.1, 0.15) is 17.0 Å². The first kappa shape index (κ1) is 28.2. The number of amidine groups is 1. The number of piperazine rings is 1. The van der Waals surface area contributed by atoms with Gasteiger partial charge >= 0.3 is 12.2 Å². The summed E-state index contributed by atoms with van der Waals surface area (Å²) in [5.41, 5.74) is 5.47. The number of alkyl halides is 3. The summed E-state index contributed by atoms with van der Waals surface area (Å²) in [5.74, 6) is -2.17. The average molecular weight is 563 g/mol. The van der Waals surface area contributed by atoms with Crippen LogP contribution in [-0.4, -0.2) is 53.6 Å². The van der Waals surface area contributed by atoms with Crippen LogP contribution in [-0.2, 0) is 17.5 Å². The second-order valence-electron chi connectivity index (χ2n) is 8.75. The number of urea groups is 1. The number of aliphatic imine (C=N–C) groups is 1. The van der Waals surface area contributed by atoms with Gasteiger partial charge < -0.3 is 26.7 Å². The molecule has 10 nitrogen and oxygen atoms in total. The minimum absolute atomic E-state index is 0.0438. The van der Waals surface area contributed by atoms with Crippen LogP contribution in [0.2, 0.25) is 0 Å². The SMILES string of the molecule is N=C/N=C(/N)c1[nH]c(CN2CCNC(=O)C2)cc1-c1ccc(NC(=O)Nc2cc(C(F)(F)F)ccc2F)c(F)c1. The number of halogens is 5.